The molecule has 4 aromatic carbocycles. The molecule has 288 valence electrons. The zero-order valence-electron chi connectivity index (χ0n) is 28.5. The second-order valence-electron chi connectivity index (χ2n) is 12.9. The van der Waals surface area contributed by atoms with Gasteiger partial charge in [0.05, 0.1) is 13.2 Å². The molecule has 14 heteroatoms. The summed E-state index contributed by atoms with van der Waals surface area (Å²) >= 11 is 24.0. The van der Waals surface area contributed by atoms with Gasteiger partial charge in [-0.1, -0.05) is 107 Å². The van der Waals surface area contributed by atoms with E-state index in [0.717, 1.165) is 22.3 Å². The smallest absolute Gasteiger partial charge is 0.113 e. The van der Waals surface area contributed by atoms with E-state index in [1.54, 1.807) is 72.8 Å². The van der Waals surface area contributed by atoms with Gasteiger partial charge in [-0.2, -0.15) is 0 Å². The number of hydrogen-bond acceptors (Lipinski definition) is 10. The highest BCUT2D eigenvalue weighted by Crippen LogP contribution is 2.34. The average Bonchev–Trinajstić information content (AvgIpc) is 3.14. The van der Waals surface area contributed by atoms with Crippen molar-refractivity contribution in [3.8, 4) is 0 Å². The van der Waals surface area contributed by atoms with E-state index in [9.17, 15) is 40.9 Å². The summed E-state index contributed by atoms with van der Waals surface area (Å²) < 4.78 is 11.2. The summed E-state index contributed by atoms with van der Waals surface area (Å²) in [7, 11) is 0. The first kappa shape index (κ1) is 42.3. The van der Waals surface area contributed by atoms with Crippen LogP contribution in [-0.2, 0) is 9.47 Å². The molecule has 2 aliphatic rings. The molecule has 2 fully saturated rings. The minimum Gasteiger partial charge on any atom is -0.394 e. The predicted molar refractivity (Wildman–Crippen MR) is 209 cm³/mol. The minimum absolute atomic E-state index is 0.462. The van der Waals surface area contributed by atoms with Crippen molar-refractivity contribution in [2.45, 2.75) is 61.0 Å². The zero-order valence-corrected chi connectivity index (χ0v) is 31.5. The third-order valence-corrected chi connectivity index (χ3v) is 9.84. The highest BCUT2D eigenvalue weighted by atomic mass is 35.5. The fourth-order valence-corrected chi connectivity index (χ4v) is 7.25. The van der Waals surface area contributed by atoms with Crippen LogP contribution in [-0.4, -0.2) is 103 Å². The highest BCUT2D eigenvalue weighted by molar-refractivity contribution is 6.35. The predicted octanol–water partition coefficient (Wildman–Crippen LogP) is 5.36. The molecule has 0 aromatic heterocycles. The lowest BCUT2D eigenvalue weighted by Crippen LogP contribution is -2.55. The fourth-order valence-electron chi connectivity index (χ4n) is 6.16. The summed E-state index contributed by atoms with van der Waals surface area (Å²) in [6.07, 6.45) is -4.40. The van der Waals surface area contributed by atoms with Crippen LogP contribution in [0.4, 0.5) is 0 Å². The molecule has 6 rings (SSSR count). The molecule has 0 aliphatic carbocycles. The Bertz CT molecular complexity index is 1740. The van der Waals surface area contributed by atoms with E-state index in [1.807, 2.05) is 36.4 Å². The van der Waals surface area contributed by atoms with Gasteiger partial charge < -0.3 is 50.3 Å². The third kappa shape index (κ3) is 10.7. The molecule has 0 spiro atoms. The van der Waals surface area contributed by atoms with Crippen molar-refractivity contribution in [3.05, 3.63) is 138 Å². The van der Waals surface area contributed by atoms with Crippen molar-refractivity contribution in [1.29, 1.82) is 0 Å². The van der Waals surface area contributed by atoms with Crippen molar-refractivity contribution >= 4 is 70.7 Å². The van der Waals surface area contributed by atoms with E-state index in [2.05, 4.69) is 0 Å². The molecule has 54 heavy (non-hydrogen) atoms. The van der Waals surface area contributed by atoms with Crippen molar-refractivity contribution in [3.63, 3.8) is 0 Å². The number of hydrogen-bond donors (Lipinski definition) is 8. The monoisotopic (exact) mass is 820 g/mol. The average molecular weight is 823 g/mol. The van der Waals surface area contributed by atoms with Crippen molar-refractivity contribution in [2.24, 2.45) is 0 Å². The van der Waals surface area contributed by atoms with E-state index < -0.39 is 74.3 Å². The van der Waals surface area contributed by atoms with Crippen LogP contribution in [0.15, 0.2) is 84.9 Å². The molecule has 10 nitrogen and oxygen atoms in total. The molecule has 0 amide bonds. The number of aliphatic hydroxyl groups is 8. The number of halogens is 4. The van der Waals surface area contributed by atoms with Crippen LogP contribution in [0, 0.1) is 0 Å². The van der Waals surface area contributed by atoms with Gasteiger partial charge in [0.25, 0.3) is 0 Å². The molecule has 2 heterocycles. The summed E-state index contributed by atoms with van der Waals surface area (Å²) in [6.45, 7) is -0.923. The molecule has 10 atom stereocenters. The van der Waals surface area contributed by atoms with Crippen molar-refractivity contribution in [2.75, 3.05) is 13.2 Å². The van der Waals surface area contributed by atoms with Gasteiger partial charge in [-0.15, -0.1) is 0 Å². The fraction of sp³-hybridized carbons (Fsp3) is 0.300. The van der Waals surface area contributed by atoms with Gasteiger partial charge in [0, 0.05) is 20.1 Å². The second kappa shape index (κ2) is 19.3. The van der Waals surface area contributed by atoms with Crippen molar-refractivity contribution in [1.82, 2.24) is 0 Å². The van der Waals surface area contributed by atoms with Gasteiger partial charge in [0.2, 0.25) is 0 Å². The molecule has 2 aliphatic heterocycles. The van der Waals surface area contributed by atoms with E-state index in [-0.39, 0.29) is 0 Å². The minimum atomic E-state index is -1.41. The Morgan fingerprint density at radius 1 is 0.426 bits per heavy atom. The van der Waals surface area contributed by atoms with Gasteiger partial charge in [0.15, 0.2) is 0 Å². The van der Waals surface area contributed by atoms with Crippen LogP contribution >= 0.6 is 46.4 Å². The molecule has 0 saturated carbocycles. The summed E-state index contributed by atoms with van der Waals surface area (Å²) in [4.78, 5) is 0. The number of aliphatic hydroxyl groups excluding tert-OH is 8. The summed E-state index contributed by atoms with van der Waals surface area (Å²) in [5, 5.41) is 81.1. The lowest BCUT2D eigenvalue weighted by molar-refractivity contribution is -0.231. The summed E-state index contributed by atoms with van der Waals surface area (Å²) in [6, 6.07) is 24.9. The first-order chi connectivity index (χ1) is 25.8. The van der Waals surface area contributed by atoms with E-state index in [1.165, 1.54) is 0 Å². The SMILES string of the molecule is OC[C@H]1O[C@H](c2cccc(/C=C/c3cc(Cl)cc(Cl)c3)c2)[C@@H](O)[C@@H](O)[C@@H]1O.OC[C@H]1O[C@H](c2cccc(/C=C\c3cc(Cl)cc(Cl)c3)c2)[C@@H](O)[C@@H](O)[C@@H]1O. The first-order valence-corrected chi connectivity index (χ1v) is 18.4. The Morgan fingerprint density at radius 2 is 0.759 bits per heavy atom. The number of rotatable bonds is 8. The highest BCUT2D eigenvalue weighted by Gasteiger charge is 2.45. The third-order valence-electron chi connectivity index (χ3n) is 8.97. The molecular formula is C40H40Cl4O10. The largest absolute Gasteiger partial charge is 0.394 e. The van der Waals surface area contributed by atoms with Crippen LogP contribution < -0.4 is 0 Å². The van der Waals surface area contributed by atoms with Gasteiger partial charge >= 0.3 is 0 Å². The Morgan fingerprint density at radius 3 is 1.09 bits per heavy atom. The summed E-state index contributed by atoms with van der Waals surface area (Å²) in [5.41, 5.74) is 4.59. The first-order valence-electron chi connectivity index (χ1n) is 16.9. The van der Waals surface area contributed by atoms with Crippen LogP contribution in [0.5, 0.6) is 0 Å². The van der Waals surface area contributed by atoms with E-state index in [4.69, 9.17) is 55.9 Å². The van der Waals surface area contributed by atoms with Gasteiger partial charge in [-0.3, -0.25) is 0 Å². The Balaban J connectivity index is 0.000000208. The molecule has 8 N–H and O–H groups in total. The number of benzene rings is 4. The molecule has 2 saturated heterocycles. The molecule has 0 unspecified atom stereocenters. The molecule has 0 bridgehead atoms. The zero-order chi connectivity index (χ0) is 39.1. The van der Waals surface area contributed by atoms with Crippen LogP contribution in [0.2, 0.25) is 20.1 Å². The van der Waals surface area contributed by atoms with Gasteiger partial charge in [-0.05, 0) is 81.9 Å². The van der Waals surface area contributed by atoms with E-state index in [0.29, 0.717) is 31.2 Å². The van der Waals surface area contributed by atoms with Gasteiger partial charge in [-0.25, -0.2) is 0 Å². The maximum Gasteiger partial charge on any atom is 0.113 e. The van der Waals surface area contributed by atoms with Crippen LogP contribution in [0.3, 0.4) is 0 Å². The lowest BCUT2D eigenvalue weighted by atomic mass is 9.90. The van der Waals surface area contributed by atoms with Crippen LogP contribution in [0.1, 0.15) is 45.6 Å². The lowest BCUT2D eigenvalue weighted by Gasteiger charge is -2.40. The quantitative estimate of drug-likeness (QED) is 0.108. The normalized spacial score (nSPS) is 28.6. The standard InChI is InChI=1S/2C20H20Cl2O5/c2*21-14-7-12(8-15(22)9-14)5-4-11-2-1-3-13(6-11)20-19(26)18(25)17(24)16(10-23)27-20/h2*1-9,16-20,23-26H,10H2/b5-4+;5-4-/t2*16-,17-,18+,19+,20-/m11/s1. The second-order valence-corrected chi connectivity index (χ2v) is 14.7. The topological polar surface area (TPSA) is 180 Å². The maximum atomic E-state index is 10.3. The summed E-state index contributed by atoms with van der Waals surface area (Å²) in [5.74, 6) is 0. The molecule has 0 radical (unpaired) electrons. The van der Waals surface area contributed by atoms with E-state index >= 15 is 0 Å². The maximum absolute atomic E-state index is 10.3. The molecular weight excluding hydrogens is 782 g/mol. The van der Waals surface area contributed by atoms with Crippen LogP contribution in [0.25, 0.3) is 24.3 Å². The Labute approximate surface area is 332 Å². The van der Waals surface area contributed by atoms with Gasteiger partial charge in [0.1, 0.15) is 61.0 Å². The van der Waals surface area contributed by atoms with Crippen molar-refractivity contribution < 1.29 is 50.3 Å². The molecule has 4 aromatic rings. The number of ether oxygens (including phenoxy) is 2. The Kier molecular flexibility index (Phi) is 15.1. The Hall–Kier alpha value is -2.88.